The van der Waals surface area contributed by atoms with Crippen molar-refractivity contribution in [2.75, 3.05) is 31.9 Å². The van der Waals surface area contributed by atoms with Crippen molar-refractivity contribution in [3.8, 4) is 5.75 Å². The summed E-state index contributed by atoms with van der Waals surface area (Å²) >= 11 is 0. The number of hydrogen-bond donors (Lipinski definition) is 3. The Labute approximate surface area is 178 Å². The molecule has 1 aromatic rings. The summed E-state index contributed by atoms with van der Waals surface area (Å²) in [7, 11) is -3.20. The maximum Gasteiger partial charge on any atom is 0.211 e. The monoisotopic (exact) mass is 516 g/mol. The van der Waals surface area contributed by atoms with Crippen LogP contribution in [0.4, 0.5) is 4.39 Å². The van der Waals surface area contributed by atoms with E-state index in [-0.39, 0.29) is 48.2 Å². The number of rotatable bonds is 11. The Morgan fingerprint density at radius 2 is 1.96 bits per heavy atom. The highest BCUT2D eigenvalue weighted by molar-refractivity contribution is 14.0. The Kier molecular flexibility index (Phi) is 13.4. The van der Waals surface area contributed by atoms with Crippen LogP contribution in [-0.2, 0) is 10.0 Å². The summed E-state index contributed by atoms with van der Waals surface area (Å²) in [4.78, 5) is 4.46. The summed E-state index contributed by atoms with van der Waals surface area (Å²) in [6.45, 7) is 7.25. The fraction of sp³-hybridized carbons (Fsp3) is 0.588. The third-order valence-electron chi connectivity index (χ3n) is 3.47. The molecule has 7 nitrogen and oxygen atoms in total. The van der Waals surface area contributed by atoms with E-state index in [1.54, 1.807) is 19.1 Å². The first-order chi connectivity index (χ1) is 12.4. The molecule has 1 aromatic carbocycles. The molecule has 0 radical (unpaired) electrons. The van der Waals surface area contributed by atoms with E-state index in [0.717, 1.165) is 6.42 Å². The first-order valence-electron chi connectivity index (χ1n) is 8.81. The molecular weight excluding hydrogens is 486 g/mol. The second-order valence-electron chi connectivity index (χ2n) is 5.55. The van der Waals surface area contributed by atoms with Gasteiger partial charge in [-0.3, -0.25) is 0 Å². The van der Waals surface area contributed by atoms with Crippen LogP contribution in [0.3, 0.4) is 0 Å². The lowest BCUT2D eigenvalue weighted by molar-refractivity contribution is 0.205. The number of sulfonamides is 1. The van der Waals surface area contributed by atoms with E-state index in [1.807, 2.05) is 13.8 Å². The van der Waals surface area contributed by atoms with Gasteiger partial charge in [0.05, 0.1) is 12.3 Å². The fourth-order valence-electron chi connectivity index (χ4n) is 2.01. The average Bonchev–Trinajstić information content (AvgIpc) is 2.62. The second-order valence-corrected chi connectivity index (χ2v) is 7.65. The molecule has 0 aliphatic rings. The third kappa shape index (κ3) is 11.3. The molecule has 0 spiro atoms. The zero-order valence-electron chi connectivity index (χ0n) is 16.0. The Bertz CT molecular complexity index is 674. The lowest BCUT2D eigenvalue weighted by Crippen LogP contribution is -2.42. The minimum absolute atomic E-state index is 0. The number of benzene rings is 1. The van der Waals surface area contributed by atoms with Crippen molar-refractivity contribution in [2.24, 2.45) is 4.99 Å². The van der Waals surface area contributed by atoms with Crippen molar-refractivity contribution in [1.29, 1.82) is 0 Å². The summed E-state index contributed by atoms with van der Waals surface area (Å²) in [6, 6.07) is 6.02. The standard InChI is InChI=1S/C17H29FN4O3S.HI/c1-4-15(25-16-9-7-8-14(18)12-16)13-21-17(19-5-2)20-10-11-22-26(23,24)6-3;/h7-9,12,15,22H,4-6,10-11,13H2,1-3H3,(H2,19,20,21);1H. The molecule has 0 aliphatic carbocycles. The maximum atomic E-state index is 13.2. The van der Waals surface area contributed by atoms with Crippen molar-refractivity contribution in [3.63, 3.8) is 0 Å². The first-order valence-corrected chi connectivity index (χ1v) is 10.5. The molecule has 27 heavy (non-hydrogen) atoms. The number of hydrogen-bond acceptors (Lipinski definition) is 4. The van der Waals surface area contributed by atoms with Gasteiger partial charge in [0.15, 0.2) is 5.96 Å². The Balaban J connectivity index is 0.00000676. The van der Waals surface area contributed by atoms with E-state index >= 15 is 0 Å². The molecule has 1 rings (SSSR count). The van der Waals surface area contributed by atoms with Gasteiger partial charge in [-0.2, -0.15) is 0 Å². The Morgan fingerprint density at radius 1 is 1.22 bits per heavy atom. The average molecular weight is 516 g/mol. The molecule has 156 valence electrons. The summed E-state index contributed by atoms with van der Waals surface area (Å²) in [5, 5.41) is 6.16. The molecule has 0 aromatic heterocycles. The van der Waals surface area contributed by atoms with Gasteiger partial charge in [0, 0.05) is 25.7 Å². The topological polar surface area (TPSA) is 91.8 Å². The van der Waals surface area contributed by atoms with Gasteiger partial charge in [-0.05, 0) is 32.4 Å². The molecule has 0 saturated carbocycles. The predicted molar refractivity (Wildman–Crippen MR) is 118 cm³/mol. The van der Waals surface area contributed by atoms with E-state index in [9.17, 15) is 12.8 Å². The summed E-state index contributed by atoms with van der Waals surface area (Å²) < 4.78 is 44.3. The molecule has 0 fully saturated rings. The van der Waals surface area contributed by atoms with Crippen LogP contribution in [0.15, 0.2) is 29.3 Å². The lowest BCUT2D eigenvalue weighted by atomic mass is 10.2. The van der Waals surface area contributed by atoms with E-state index in [4.69, 9.17) is 4.74 Å². The summed E-state index contributed by atoms with van der Waals surface area (Å²) in [5.74, 6) is 0.755. The van der Waals surface area contributed by atoms with Gasteiger partial charge >= 0.3 is 0 Å². The number of guanidine groups is 1. The SMILES string of the molecule is CCNC(=NCC(CC)Oc1cccc(F)c1)NCCNS(=O)(=O)CC.I. The van der Waals surface area contributed by atoms with Crippen LogP contribution in [0.1, 0.15) is 27.2 Å². The van der Waals surface area contributed by atoms with E-state index in [2.05, 4.69) is 20.3 Å². The highest BCUT2D eigenvalue weighted by Crippen LogP contribution is 2.15. The van der Waals surface area contributed by atoms with Crippen LogP contribution in [0.2, 0.25) is 0 Å². The quantitative estimate of drug-likeness (QED) is 0.181. The summed E-state index contributed by atoms with van der Waals surface area (Å²) in [5.41, 5.74) is 0. The highest BCUT2D eigenvalue weighted by atomic mass is 127. The van der Waals surface area contributed by atoms with Gasteiger partial charge in [-0.25, -0.2) is 22.5 Å². The lowest BCUT2D eigenvalue weighted by Gasteiger charge is -2.17. The van der Waals surface area contributed by atoms with Crippen LogP contribution in [0.25, 0.3) is 0 Å². The molecule has 0 aliphatic heterocycles. The Morgan fingerprint density at radius 3 is 2.56 bits per heavy atom. The van der Waals surface area contributed by atoms with Crippen molar-refractivity contribution in [1.82, 2.24) is 15.4 Å². The van der Waals surface area contributed by atoms with Crippen molar-refractivity contribution >= 4 is 40.0 Å². The molecule has 0 heterocycles. The largest absolute Gasteiger partial charge is 0.488 e. The molecule has 10 heteroatoms. The van der Waals surface area contributed by atoms with Gasteiger partial charge < -0.3 is 15.4 Å². The van der Waals surface area contributed by atoms with Crippen molar-refractivity contribution in [2.45, 2.75) is 33.3 Å². The van der Waals surface area contributed by atoms with Crippen LogP contribution in [0, 0.1) is 5.82 Å². The summed E-state index contributed by atoms with van der Waals surface area (Å²) in [6.07, 6.45) is 0.529. The fourth-order valence-corrected chi connectivity index (χ4v) is 2.62. The van der Waals surface area contributed by atoms with Gasteiger partial charge in [-0.1, -0.05) is 13.0 Å². The molecule has 1 atom stereocenters. The molecule has 3 N–H and O–H groups in total. The van der Waals surface area contributed by atoms with Crippen LogP contribution in [-0.4, -0.2) is 52.4 Å². The van der Waals surface area contributed by atoms with Gasteiger partial charge in [0.1, 0.15) is 17.7 Å². The smallest absolute Gasteiger partial charge is 0.211 e. The number of aliphatic imine (C=N–C) groups is 1. The normalized spacial score (nSPS) is 12.8. The second kappa shape index (κ2) is 13.9. The molecule has 0 bridgehead atoms. The zero-order chi connectivity index (χ0) is 19.4. The molecule has 0 saturated heterocycles. The molecular formula is C17H30FIN4O3S. The van der Waals surface area contributed by atoms with E-state index < -0.39 is 10.0 Å². The van der Waals surface area contributed by atoms with Crippen LogP contribution in [0.5, 0.6) is 5.75 Å². The van der Waals surface area contributed by atoms with Crippen molar-refractivity contribution < 1.29 is 17.5 Å². The minimum Gasteiger partial charge on any atom is -0.488 e. The van der Waals surface area contributed by atoms with Crippen LogP contribution >= 0.6 is 24.0 Å². The molecule has 0 amide bonds. The Hall–Kier alpha value is -1.14. The zero-order valence-corrected chi connectivity index (χ0v) is 19.1. The number of nitrogens with zero attached hydrogens (tertiary/aromatic N) is 1. The first kappa shape index (κ1) is 25.9. The van der Waals surface area contributed by atoms with Crippen molar-refractivity contribution in [3.05, 3.63) is 30.1 Å². The van der Waals surface area contributed by atoms with Gasteiger partial charge in [0.25, 0.3) is 0 Å². The maximum absolute atomic E-state index is 13.2. The number of ether oxygens (including phenoxy) is 1. The number of halogens is 2. The number of nitrogens with one attached hydrogen (secondary N) is 3. The van der Waals surface area contributed by atoms with Crippen LogP contribution < -0.4 is 20.1 Å². The van der Waals surface area contributed by atoms with E-state index in [0.29, 0.717) is 31.3 Å². The van der Waals surface area contributed by atoms with Gasteiger partial charge in [0.2, 0.25) is 10.0 Å². The predicted octanol–water partition coefficient (Wildman–Crippen LogP) is 2.10. The highest BCUT2D eigenvalue weighted by Gasteiger charge is 2.09. The minimum atomic E-state index is -3.20. The molecule has 1 unspecified atom stereocenters. The van der Waals surface area contributed by atoms with Gasteiger partial charge in [-0.15, -0.1) is 24.0 Å². The third-order valence-corrected chi connectivity index (χ3v) is 4.87. The van der Waals surface area contributed by atoms with E-state index in [1.165, 1.54) is 12.1 Å².